The summed E-state index contributed by atoms with van der Waals surface area (Å²) in [4.78, 5) is 21.3. The molecule has 0 bridgehead atoms. The van der Waals surface area contributed by atoms with Gasteiger partial charge in [0.05, 0.1) is 10.8 Å². The molecule has 6 nitrogen and oxygen atoms in total. The summed E-state index contributed by atoms with van der Waals surface area (Å²) < 4.78 is 27.1. The number of aliphatic carboxylic acids is 1. The lowest BCUT2D eigenvalue weighted by atomic mass is 9.84. The standard InChI is InChI=1S/C13H14F2N2O4/c14-8-5-6-10(17(20)21)12(11(8)15)16-9-4-2-1-3-7(9)13(18)19/h5-7,9,16H,1-4H2,(H,18,19). The van der Waals surface area contributed by atoms with Crippen LogP contribution in [-0.2, 0) is 4.79 Å². The molecule has 0 amide bonds. The maximum atomic E-state index is 13.8. The summed E-state index contributed by atoms with van der Waals surface area (Å²) in [5.74, 6) is -4.41. The molecule has 1 aromatic carbocycles. The molecular weight excluding hydrogens is 286 g/mol. The van der Waals surface area contributed by atoms with Gasteiger partial charge in [0.2, 0.25) is 0 Å². The largest absolute Gasteiger partial charge is 0.481 e. The number of nitro benzene ring substituents is 1. The normalized spacial score (nSPS) is 21.8. The van der Waals surface area contributed by atoms with E-state index in [9.17, 15) is 23.7 Å². The molecule has 8 heteroatoms. The van der Waals surface area contributed by atoms with Crippen molar-refractivity contribution in [3.63, 3.8) is 0 Å². The van der Waals surface area contributed by atoms with Crippen LogP contribution in [0.3, 0.4) is 0 Å². The van der Waals surface area contributed by atoms with Crippen molar-refractivity contribution >= 4 is 17.3 Å². The summed E-state index contributed by atoms with van der Waals surface area (Å²) in [7, 11) is 0. The number of halogens is 2. The Morgan fingerprint density at radius 3 is 2.62 bits per heavy atom. The Kier molecular flexibility index (Phi) is 4.35. The Bertz CT molecular complexity index is 580. The molecule has 0 aromatic heterocycles. The number of nitrogens with one attached hydrogen (secondary N) is 1. The molecule has 1 aliphatic carbocycles. The lowest BCUT2D eigenvalue weighted by molar-refractivity contribution is -0.384. The van der Waals surface area contributed by atoms with Crippen LogP contribution in [0.2, 0.25) is 0 Å². The van der Waals surface area contributed by atoms with Crippen molar-refractivity contribution in [2.24, 2.45) is 5.92 Å². The number of nitro groups is 1. The second kappa shape index (κ2) is 6.02. The Balaban J connectivity index is 2.35. The highest BCUT2D eigenvalue weighted by Crippen LogP contribution is 2.34. The highest BCUT2D eigenvalue weighted by atomic mass is 19.2. The minimum absolute atomic E-state index is 0.401. The molecule has 2 N–H and O–H groups in total. The van der Waals surface area contributed by atoms with Crippen LogP contribution in [0.4, 0.5) is 20.2 Å². The monoisotopic (exact) mass is 300 g/mol. The van der Waals surface area contributed by atoms with Crippen LogP contribution < -0.4 is 5.32 Å². The molecule has 2 atom stereocenters. The predicted octanol–water partition coefficient (Wildman–Crippen LogP) is 2.93. The van der Waals surface area contributed by atoms with Gasteiger partial charge in [-0.2, -0.15) is 0 Å². The van der Waals surface area contributed by atoms with Gasteiger partial charge in [0.25, 0.3) is 5.69 Å². The number of carboxylic acid groups (broad SMARTS) is 1. The first kappa shape index (κ1) is 15.1. The fourth-order valence-electron chi connectivity index (χ4n) is 2.61. The fourth-order valence-corrected chi connectivity index (χ4v) is 2.61. The maximum Gasteiger partial charge on any atom is 0.308 e. The predicted molar refractivity (Wildman–Crippen MR) is 70.0 cm³/mol. The van der Waals surface area contributed by atoms with Crippen LogP contribution in [-0.4, -0.2) is 22.0 Å². The zero-order valence-electron chi connectivity index (χ0n) is 11.0. The van der Waals surface area contributed by atoms with Gasteiger partial charge < -0.3 is 10.4 Å². The molecule has 2 unspecified atom stereocenters. The van der Waals surface area contributed by atoms with Crippen molar-refractivity contribution in [1.82, 2.24) is 0 Å². The van der Waals surface area contributed by atoms with E-state index in [1.807, 2.05) is 0 Å². The second-order valence-electron chi connectivity index (χ2n) is 4.99. The minimum atomic E-state index is -1.36. The molecule has 1 saturated carbocycles. The molecule has 2 rings (SSSR count). The number of carbonyl (C=O) groups is 1. The van der Waals surface area contributed by atoms with E-state index < -0.39 is 45.9 Å². The average Bonchev–Trinajstić information content (AvgIpc) is 2.44. The van der Waals surface area contributed by atoms with E-state index in [4.69, 9.17) is 5.11 Å². The third-order valence-electron chi connectivity index (χ3n) is 3.68. The second-order valence-corrected chi connectivity index (χ2v) is 4.99. The van der Waals surface area contributed by atoms with Crippen molar-refractivity contribution in [3.8, 4) is 0 Å². The van der Waals surface area contributed by atoms with Crippen LogP contribution in [0.1, 0.15) is 25.7 Å². The Hall–Kier alpha value is -2.25. The fraction of sp³-hybridized carbons (Fsp3) is 0.462. The van der Waals surface area contributed by atoms with Crippen LogP contribution in [0.25, 0.3) is 0 Å². The number of nitrogens with zero attached hydrogens (tertiary/aromatic N) is 1. The number of hydrogen-bond donors (Lipinski definition) is 2. The van der Waals surface area contributed by atoms with Gasteiger partial charge in [0.1, 0.15) is 0 Å². The molecule has 21 heavy (non-hydrogen) atoms. The molecular formula is C13H14F2N2O4. The molecule has 1 aromatic rings. The highest BCUT2D eigenvalue weighted by Gasteiger charge is 2.33. The van der Waals surface area contributed by atoms with Crippen LogP contribution >= 0.6 is 0 Å². The zero-order chi connectivity index (χ0) is 15.6. The smallest absolute Gasteiger partial charge is 0.308 e. The van der Waals surface area contributed by atoms with Gasteiger partial charge in [-0.3, -0.25) is 14.9 Å². The molecule has 0 radical (unpaired) electrons. The minimum Gasteiger partial charge on any atom is -0.481 e. The maximum absolute atomic E-state index is 13.8. The summed E-state index contributed by atoms with van der Waals surface area (Å²) >= 11 is 0. The summed E-state index contributed by atoms with van der Waals surface area (Å²) in [5.41, 5.74) is -1.19. The van der Waals surface area contributed by atoms with E-state index >= 15 is 0 Å². The SMILES string of the molecule is O=C(O)C1CCCCC1Nc1c([N+](=O)[O-])ccc(F)c1F. The van der Waals surface area contributed by atoms with Gasteiger partial charge in [0, 0.05) is 12.1 Å². The Labute approximate surface area is 118 Å². The molecule has 0 heterocycles. The van der Waals surface area contributed by atoms with E-state index in [0.717, 1.165) is 18.9 Å². The number of hydrogen-bond acceptors (Lipinski definition) is 4. The third-order valence-corrected chi connectivity index (χ3v) is 3.68. The molecule has 1 fully saturated rings. The Morgan fingerprint density at radius 1 is 1.33 bits per heavy atom. The van der Waals surface area contributed by atoms with Gasteiger partial charge in [-0.25, -0.2) is 8.78 Å². The van der Waals surface area contributed by atoms with Gasteiger partial charge >= 0.3 is 5.97 Å². The van der Waals surface area contributed by atoms with Crippen LogP contribution in [0.5, 0.6) is 0 Å². The molecule has 0 aliphatic heterocycles. The van der Waals surface area contributed by atoms with Crippen molar-refractivity contribution in [1.29, 1.82) is 0 Å². The van der Waals surface area contributed by atoms with E-state index in [2.05, 4.69) is 5.32 Å². The molecule has 1 aliphatic rings. The number of rotatable bonds is 4. The van der Waals surface area contributed by atoms with Crippen molar-refractivity contribution < 1.29 is 23.6 Å². The zero-order valence-corrected chi connectivity index (χ0v) is 11.0. The van der Waals surface area contributed by atoms with E-state index in [1.54, 1.807) is 0 Å². The van der Waals surface area contributed by atoms with E-state index in [0.29, 0.717) is 18.9 Å². The van der Waals surface area contributed by atoms with Crippen LogP contribution in [0.15, 0.2) is 12.1 Å². The van der Waals surface area contributed by atoms with Crippen LogP contribution in [0, 0.1) is 27.7 Å². The van der Waals surface area contributed by atoms with Crippen molar-refractivity contribution in [3.05, 3.63) is 33.9 Å². The summed E-state index contributed by atoms with van der Waals surface area (Å²) in [6.07, 6.45) is 2.29. The van der Waals surface area contributed by atoms with E-state index in [-0.39, 0.29) is 0 Å². The van der Waals surface area contributed by atoms with Gasteiger partial charge in [-0.15, -0.1) is 0 Å². The molecule has 114 valence electrons. The molecule has 0 saturated heterocycles. The third kappa shape index (κ3) is 3.09. The quantitative estimate of drug-likeness (QED) is 0.659. The lowest BCUT2D eigenvalue weighted by Crippen LogP contribution is -2.37. The number of carboxylic acids is 1. The first-order valence-corrected chi connectivity index (χ1v) is 6.53. The lowest BCUT2D eigenvalue weighted by Gasteiger charge is -2.30. The number of benzene rings is 1. The first-order valence-electron chi connectivity index (χ1n) is 6.53. The topological polar surface area (TPSA) is 92.5 Å². The number of anilines is 1. The summed E-state index contributed by atoms with van der Waals surface area (Å²) in [5, 5.41) is 22.6. The Morgan fingerprint density at radius 2 is 2.00 bits per heavy atom. The van der Waals surface area contributed by atoms with E-state index in [1.165, 1.54) is 0 Å². The van der Waals surface area contributed by atoms with Gasteiger partial charge in [0.15, 0.2) is 17.3 Å². The highest BCUT2D eigenvalue weighted by molar-refractivity contribution is 5.72. The van der Waals surface area contributed by atoms with Crippen molar-refractivity contribution in [2.45, 2.75) is 31.7 Å². The summed E-state index contributed by atoms with van der Waals surface area (Å²) in [6, 6.07) is 0.874. The molecule has 0 spiro atoms. The summed E-state index contributed by atoms with van der Waals surface area (Å²) in [6.45, 7) is 0. The van der Waals surface area contributed by atoms with Gasteiger partial charge in [-0.1, -0.05) is 12.8 Å². The van der Waals surface area contributed by atoms with Gasteiger partial charge in [-0.05, 0) is 18.9 Å². The average molecular weight is 300 g/mol. The first-order chi connectivity index (χ1) is 9.91. The van der Waals surface area contributed by atoms with Crippen molar-refractivity contribution in [2.75, 3.05) is 5.32 Å².